The van der Waals surface area contributed by atoms with E-state index in [1.165, 1.54) is 17.1 Å². The number of benzene rings is 1. The van der Waals surface area contributed by atoms with Crippen molar-refractivity contribution in [1.29, 1.82) is 0 Å². The Hall–Kier alpha value is -1.59. The number of aliphatic hydroxyl groups excluding tert-OH is 1. The molecule has 172 valence electrons. The number of nitrogens with zero attached hydrogens (tertiary/aromatic N) is 2. The molecule has 0 amide bonds. The molecule has 1 aromatic rings. The van der Waals surface area contributed by atoms with Crippen molar-refractivity contribution in [3.63, 3.8) is 0 Å². The third-order valence-electron chi connectivity index (χ3n) is 5.93. The summed E-state index contributed by atoms with van der Waals surface area (Å²) in [5.74, 6) is 7.54. The van der Waals surface area contributed by atoms with E-state index in [1.807, 2.05) is 20.8 Å². The minimum atomic E-state index is -3.81. The number of rotatable bonds is 6. The van der Waals surface area contributed by atoms with Crippen LogP contribution in [0.15, 0.2) is 23.1 Å². The van der Waals surface area contributed by atoms with Gasteiger partial charge in [-0.15, -0.1) is 0 Å². The lowest BCUT2D eigenvalue weighted by Gasteiger charge is -2.37. The van der Waals surface area contributed by atoms with Gasteiger partial charge in [0.1, 0.15) is 16.7 Å². The van der Waals surface area contributed by atoms with Gasteiger partial charge in [0.15, 0.2) is 0 Å². The van der Waals surface area contributed by atoms with Crippen molar-refractivity contribution in [2.24, 2.45) is 17.8 Å². The van der Waals surface area contributed by atoms with Crippen molar-refractivity contribution < 1.29 is 18.3 Å². The molecule has 0 aromatic heterocycles. The highest BCUT2D eigenvalue weighted by molar-refractivity contribution is 7.89. The molecule has 1 aliphatic carbocycles. The lowest BCUT2D eigenvalue weighted by molar-refractivity contribution is 0.0740. The maximum absolute atomic E-state index is 13.5. The molecule has 6 nitrogen and oxygen atoms in total. The summed E-state index contributed by atoms with van der Waals surface area (Å²) in [5.41, 5.74) is 0.739. The van der Waals surface area contributed by atoms with Crippen LogP contribution >= 0.6 is 0 Å². The van der Waals surface area contributed by atoms with Crippen molar-refractivity contribution >= 4 is 10.0 Å². The lowest BCUT2D eigenvalue weighted by atomic mass is 10.0. The van der Waals surface area contributed by atoms with Crippen molar-refractivity contribution in [3.05, 3.63) is 23.8 Å². The molecule has 0 radical (unpaired) electrons. The van der Waals surface area contributed by atoms with Crippen molar-refractivity contribution in [3.8, 4) is 17.6 Å². The predicted molar refractivity (Wildman–Crippen MR) is 122 cm³/mol. The highest BCUT2D eigenvalue weighted by Crippen LogP contribution is 2.35. The van der Waals surface area contributed by atoms with E-state index in [-0.39, 0.29) is 29.4 Å². The third-order valence-corrected chi connectivity index (χ3v) is 7.95. The fraction of sp³-hybridized carbons (Fsp3) is 0.667. The summed E-state index contributed by atoms with van der Waals surface area (Å²) < 4.78 is 34.8. The van der Waals surface area contributed by atoms with E-state index in [0.29, 0.717) is 12.3 Å². The monoisotopic (exact) mass is 448 g/mol. The topological polar surface area (TPSA) is 70.1 Å². The summed E-state index contributed by atoms with van der Waals surface area (Å²) >= 11 is 0. The molecule has 0 saturated heterocycles. The first-order chi connectivity index (χ1) is 14.6. The summed E-state index contributed by atoms with van der Waals surface area (Å²) in [5, 5.41) is 9.74. The molecule has 0 bridgehead atoms. The second kappa shape index (κ2) is 9.91. The summed E-state index contributed by atoms with van der Waals surface area (Å²) in [4.78, 5) is 2.43. The lowest BCUT2D eigenvalue weighted by Crippen LogP contribution is -2.49. The van der Waals surface area contributed by atoms with E-state index >= 15 is 0 Å². The van der Waals surface area contributed by atoms with E-state index < -0.39 is 16.1 Å². The Morgan fingerprint density at radius 2 is 1.97 bits per heavy atom. The minimum absolute atomic E-state index is 0.0380. The van der Waals surface area contributed by atoms with Gasteiger partial charge in [-0.2, -0.15) is 4.31 Å². The SMILES string of the molecule is CC(C)C#Cc1ccc2c(c1)O[C@@H](CN(C)CC1CC1)[C@@H](C)CN([C@@H](C)CO)S2(=O)=O. The van der Waals surface area contributed by atoms with Gasteiger partial charge in [-0.3, -0.25) is 0 Å². The molecule has 0 spiro atoms. The molecule has 1 heterocycles. The summed E-state index contributed by atoms with van der Waals surface area (Å²) in [6.45, 7) is 9.63. The second-order valence-electron chi connectivity index (χ2n) is 9.49. The van der Waals surface area contributed by atoms with E-state index in [4.69, 9.17) is 4.74 Å². The van der Waals surface area contributed by atoms with Crippen LogP contribution in [0.5, 0.6) is 5.75 Å². The van der Waals surface area contributed by atoms with Gasteiger partial charge in [-0.05, 0) is 50.9 Å². The first-order valence-corrected chi connectivity index (χ1v) is 12.7. The van der Waals surface area contributed by atoms with Gasteiger partial charge in [-0.1, -0.05) is 32.6 Å². The Morgan fingerprint density at radius 1 is 1.26 bits per heavy atom. The van der Waals surface area contributed by atoms with Gasteiger partial charge in [0.2, 0.25) is 10.0 Å². The minimum Gasteiger partial charge on any atom is -0.487 e. The van der Waals surface area contributed by atoms with Crippen LogP contribution in [0.25, 0.3) is 0 Å². The number of sulfonamides is 1. The van der Waals surface area contributed by atoms with Gasteiger partial charge in [-0.25, -0.2) is 8.42 Å². The summed E-state index contributed by atoms with van der Waals surface area (Å²) in [6, 6.07) is 4.56. The molecule has 3 atom stereocenters. The Bertz CT molecular complexity index is 931. The van der Waals surface area contributed by atoms with Crippen molar-refractivity contribution in [2.75, 3.05) is 33.3 Å². The fourth-order valence-corrected chi connectivity index (χ4v) is 5.70. The Kier molecular flexibility index (Phi) is 7.69. The van der Waals surface area contributed by atoms with Crippen LogP contribution in [-0.4, -0.2) is 68.2 Å². The summed E-state index contributed by atoms with van der Waals surface area (Å²) in [7, 11) is -1.71. The zero-order chi connectivity index (χ0) is 22.8. The number of hydrogen-bond donors (Lipinski definition) is 1. The molecule has 1 fully saturated rings. The average Bonchev–Trinajstić information content (AvgIpc) is 3.52. The molecular formula is C24H36N2O4S. The number of ether oxygens (including phenoxy) is 1. The molecule has 1 aromatic carbocycles. The van der Waals surface area contributed by atoms with Crippen LogP contribution in [0.1, 0.15) is 46.1 Å². The highest BCUT2D eigenvalue weighted by Gasteiger charge is 2.38. The van der Waals surface area contributed by atoms with Crippen LogP contribution in [0.2, 0.25) is 0 Å². The fourth-order valence-electron chi connectivity index (χ4n) is 3.87. The Balaban J connectivity index is 2.00. The zero-order valence-corrected chi connectivity index (χ0v) is 20.2. The molecule has 3 rings (SSSR count). The Labute approximate surface area is 187 Å². The molecule has 7 heteroatoms. The van der Waals surface area contributed by atoms with Crippen LogP contribution in [0.4, 0.5) is 0 Å². The first kappa shape index (κ1) is 24.1. The van der Waals surface area contributed by atoms with Gasteiger partial charge in [0.05, 0.1) is 6.61 Å². The van der Waals surface area contributed by atoms with Gasteiger partial charge in [0.25, 0.3) is 0 Å². The van der Waals surface area contributed by atoms with Gasteiger partial charge in [0, 0.05) is 43.1 Å². The smallest absolute Gasteiger partial charge is 0.247 e. The molecular weight excluding hydrogens is 412 g/mol. The third kappa shape index (κ3) is 6.01. The van der Waals surface area contributed by atoms with Gasteiger partial charge < -0.3 is 14.7 Å². The van der Waals surface area contributed by atoms with E-state index in [2.05, 4.69) is 23.8 Å². The molecule has 1 saturated carbocycles. The van der Waals surface area contributed by atoms with Crippen LogP contribution in [0.3, 0.4) is 0 Å². The molecule has 31 heavy (non-hydrogen) atoms. The van der Waals surface area contributed by atoms with Crippen LogP contribution < -0.4 is 4.74 Å². The second-order valence-corrected chi connectivity index (χ2v) is 11.3. The molecule has 2 aliphatic rings. The molecule has 1 aliphatic heterocycles. The highest BCUT2D eigenvalue weighted by atomic mass is 32.2. The average molecular weight is 449 g/mol. The quantitative estimate of drug-likeness (QED) is 0.678. The zero-order valence-electron chi connectivity index (χ0n) is 19.3. The molecule has 0 unspecified atom stereocenters. The largest absolute Gasteiger partial charge is 0.487 e. The van der Waals surface area contributed by atoms with Crippen molar-refractivity contribution in [1.82, 2.24) is 9.21 Å². The normalized spacial score (nSPS) is 24.5. The Morgan fingerprint density at radius 3 is 2.58 bits per heavy atom. The van der Waals surface area contributed by atoms with Crippen LogP contribution in [-0.2, 0) is 10.0 Å². The maximum atomic E-state index is 13.5. The van der Waals surface area contributed by atoms with Gasteiger partial charge >= 0.3 is 0 Å². The number of likely N-dealkylation sites (N-methyl/N-ethyl adjacent to an activating group) is 1. The number of fused-ring (bicyclic) bond motifs is 1. The number of aliphatic hydroxyl groups is 1. The van der Waals surface area contributed by atoms with E-state index in [9.17, 15) is 13.5 Å². The van der Waals surface area contributed by atoms with E-state index in [1.54, 1.807) is 25.1 Å². The number of hydrogen-bond acceptors (Lipinski definition) is 5. The van der Waals surface area contributed by atoms with Crippen molar-refractivity contribution in [2.45, 2.75) is 57.6 Å². The maximum Gasteiger partial charge on any atom is 0.247 e. The predicted octanol–water partition coefficient (Wildman–Crippen LogP) is 2.80. The molecule has 1 N–H and O–H groups in total. The first-order valence-electron chi connectivity index (χ1n) is 11.2. The van der Waals surface area contributed by atoms with Crippen LogP contribution in [0, 0.1) is 29.6 Å². The standard InChI is InChI=1S/C24H36N2O4S/c1-17(2)6-7-20-10-11-24-22(12-20)30-23(15-25(5)14-21-8-9-21)18(3)13-26(19(4)16-27)31(24,28)29/h10-12,17-19,21,23,27H,8-9,13-16H2,1-5H3/t18-,19-,23-/m0/s1. The van der Waals surface area contributed by atoms with E-state index in [0.717, 1.165) is 24.6 Å². The summed E-state index contributed by atoms with van der Waals surface area (Å²) in [6.07, 6.45) is 2.40.